The summed E-state index contributed by atoms with van der Waals surface area (Å²) in [6.07, 6.45) is 0. The molecular formula is C38H23NS. The van der Waals surface area contributed by atoms with E-state index in [0.29, 0.717) is 0 Å². The van der Waals surface area contributed by atoms with Gasteiger partial charge in [0.1, 0.15) is 0 Å². The second kappa shape index (κ2) is 8.29. The maximum Gasteiger partial charge on any atom is 0.0619 e. The van der Waals surface area contributed by atoms with Crippen LogP contribution in [0.4, 0.5) is 0 Å². The number of para-hydroxylation sites is 1. The Hall–Kier alpha value is -4.92. The molecule has 7 aromatic carbocycles. The Morgan fingerprint density at radius 1 is 0.450 bits per heavy atom. The largest absolute Gasteiger partial charge is 0.309 e. The number of hydrogen-bond donors (Lipinski definition) is 0. The molecule has 186 valence electrons. The van der Waals surface area contributed by atoms with E-state index in [2.05, 4.69) is 144 Å². The molecule has 0 unspecified atom stereocenters. The summed E-state index contributed by atoms with van der Waals surface area (Å²) < 4.78 is 5.18. The summed E-state index contributed by atoms with van der Waals surface area (Å²) in [6.45, 7) is 0. The van der Waals surface area contributed by atoms with Crippen molar-refractivity contribution in [1.82, 2.24) is 4.57 Å². The van der Waals surface area contributed by atoms with Crippen LogP contribution in [0.5, 0.6) is 0 Å². The molecule has 9 aromatic rings. The molecule has 40 heavy (non-hydrogen) atoms. The van der Waals surface area contributed by atoms with Crippen LogP contribution in [0.1, 0.15) is 0 Å². The molecule has 0 aliphatic heterocycles. The molecule has 0 N–H and O–H groups in total. The van der Waals surface area contributed by atoms with Gasteiger partial charge in [0.25, 0.3) is 0 Å². The van der Waals surface area contributed by atoms with Crippen molar-refractivity contribution in [3.05, 3.63) is 140 Å². The predicted octanol–water partition coefficient (Wildman–Crippen LogP) is 11.1. The van der Waals surface area contributed by atoms with Crippen LogP contribution in [0.25, 0.3) is 80.3 Å². The fourth-order valence-electron chi connectivity index (χ4n) is 6.59. The number of benzene rings is 7. The molecule has 0 saturated carbocycles. The van der Waals surface area contributed by atoms with Gasteiger partial charge in [-0.3, -0.25) is 0 Å². The molecule has 1 nitrogen and oxygen atoms in total. The number of hydrogen-bond acceptors (Lipinski definition) is 1. The van der Waals surface area contributed by atoms with E-state index in [1.54, 1.807) is 0 Å². The van der Waals surface area contributed by atoms with Gasteiger partial charge in [-0.2, -0.15) is 0 Å². The molecule has 0 aliphatic rings. The zero-order chi connectivity index (χ0) is 26.2. The first-order valence-electron chi connectivity index (χ1n) is 13.7. The van der Waals surface area contributed by atoms with E-state index >= 15 is 0 Å². The molecule has 0 aliphatic carbocycles. The van der Waals surface area contributed by atoms with Crippen molar-refractivity contribution in [1.29, 1.82) is 0 Å². The Morgan fingerprint density at radius 3 is 2.02 bits per heavy atom. The highest BCUT2D eigenvalue weighted by Gasteiger charge is 2.18. The summed E-state index contributed by atoms with van der Waals surface area (Å²) in [6, 6.07) is 51.1. The van der Waals surface area contributed by atoms with E-state index in [4.69, 9.17) is 0 Å². The van der Waals surface area contributed by atoms with E-state index in [1.807, 2.05) is 11.3 Å². The molecule has 0 fully saturated rings. The van der Waals surface area contributed by atoms with Gasteiger partial charge in [-0.25, -0.2) is 0 Å². The second-order valence-corrected chi connectivity index (χ2v) is 11.6. The highest BCUT2D eigenvalue weighted by Crippen LogP contribution is 2.44. The van der Waals surface area contributed by atoms with Crippen molar-refractivity contribution in [2.45, 2.75) is 0 Å². The lowest BCUT2D eigenvalue weighted by atomic mass is 9.98. The molecule has 0 radical (unpaired) electrons. The van der Waals surface area contributed by atoms with Gasteiger partial charge in [-0.05, 0) is 46.2 Å². The van der Waals surface area contributed by atoms with E-state index < -0.39 is 0 Å². The van der Waals surface area contributed by atoms with Crippen molar-refractivity contribution in [2.75, 3.05) is 0 Å². The second-order valence-electron chi connectivity index (χ2n) is 10.5. The summed E-state index contributed by atoms with van der Waals surface area (Å²) in [7, 11) is 0. The van der Waals surface area contributed by atoms with E-state index in [1.165, 1.54) is 80.3 Å². The molecular weight excluding hydrogens is 502 g/mol. The summed E-state index contributed by atoms with van der Waals surface area (Å²) in [4.78, 5) is 0. The van der Waals surface area contributed by atoms with E-state index in [-0.39, 0.29) is 0 Å². The third-order valence-corrected chi connectivity index (χ3v) is 9.57. The maximum absolute atomic E-state index is 2.47. The SMILES string of the molecule is c1ccc(-c2cccc(-n3c4ccccc4c4ccc5c(ccc6ccc7c8ccccc8sc7c65)c43)c2)cc1. The first kappa shape index (κ1) is 22.0. The molecule has 2 heteroatoms. The Bertz CT molecular complexity index is 2420. The molecule has 0 saturated heterocycles. The van der Waals surface area contributed by atoms with Crippen molar-refractivity contribution < 1.29 is 0 Å². The van der Waals surface area contributed by atoms with Gasteiger partial charge < -0.3 is 4.57 Å². The smallest absolute Gasteiger partial charge is 0.0619 e. The van der Waals surface area contributed by atoms with E-state index in [9.17, 15) is 0 Å². The molecule has 2 aromatic heterocycles. The Morgan fingerprint density at radius 2 is 1.12 bits per heavy atom. The minimum atomic E-state index is 1.18. The van der Waals surface area contributed by atoms with Crippen LogP contribution in [0.3, 0.4) is 0 Å². The van der Waals surface area contributed by atoms with Crippen LogP contribution in [0.15, 0.2) is 140 Å². The molecule has 9 rings (SSSR count). The number of aromatic nitrogens is 1. The van der Waals surface area contributed by atoms with Crippen LogP contribution in [0, 0.1) is 0 Å². The summed E-state index contributed by atoms with van der Waals surface area (Å²) in [5.41, 5.74) is 6.13. The van der Waals surface area contributed by atoms with Gasteiger partial charge in [0, 0.05) is 47.4 Å². The van der Waals surface area contributed by atoms with Crippen LogP contribution >= 0.6 is 11.3 Å². The number of thiophene rings is 1. The lowest BCUT2D eigenvalue weighted by molar-refractivity contribution is 1.19. The molecule has 0 spiro atoms. The maximum atomic E-state index is 2.47. The monoisotopic (exact) mass is 525 g/mol. The predicted molar refractivity (Wildman–Crippen MR) is 174 cm³/mol. The number of nitrogens with zero attached hydrogens (tertiary/aromatic N) is 1. The standard InChI is InChI=1S/C38H23NS/c1-2-9-24(10-3-1)26-11-8-12-27(23-26)39-34-15-6-4-13-28(34)31-22-21-30-32(37(31)39)19-17-25-18-20-33-29-14-5-7-16-35(29)40-38(33)36(25)30/h1-23H. The van der Waals surface area contributed by atoms with Gasteiger partial charge in [0.05, 0.1) is 11.0 Å². The van der Waals surface area contributed by atoms with Crippen LogP contribution in [0.2, 0.25) is 0 Å². The highest BCUT2D eigenvalue weighted by atomic mass is 32.1. The Balaban J connectivity index is 1.43. The normalized spacial score (nSPS) is 12.0. The zero-order valence-corrected chi connectivity index (χ0v) is 22.5. The topological polar surface area (TPSA) is 4.93 Å². The van der Waals surface area contributed by atoms with Crippen molar-refractivity contribution in [3.63, 3.8) is 0 Å². The van der Waals surface area contributed by atoms with Gasteiger partial charge in [0.2, 0.25) is 0 Å². The summed E-state index contributed by atoms with van der Waals surface area (Å²) in [5, 5.41) is 10.5. The van der Waals surface area contributed by atoms with Crippen molar-refractivity contribution in [2.24, 2.45) is 0 Å². The fraction of sp³-hybridized carbons (Fsp3) is 0. The Kier molecular flexibility index (Phi) is 4.55. The first-order chi connectivity index (χ1) is 19.8. The Labute approximate surface area is 235 Å². The van der Waals surface area contributed by atoms with Gasteiger partial charge in [0.15, 0.2) is 0 Å². The molecule has 2 heterocycles. The average molecular weight is 526 g/mol. The quantitative estimate of drug-likeness (QED) is 0.198. The number of rotatable bonds is 2. The lowest BCUT2D eigenvalue weighted by Crippen LogP contribution is -1.95. The summed E-state index contributed by atoms with van der Waals surface area (Å²) >= 11 is 1.91. The lowest BCUT2D eigenvalue weighted by Gasteiger charge is -2.13. The minimum absolute atomic E-state index is 1.18. The zero-order valence-electron chi connectivity index (χ0n) is 21.6. The third-order valence-electron chi connectivity index (χ3n) is 8.37. The fourth-order valence-corrected chi connectivity index (χ4v) is 7.86. The van der Waals surface area contributed by atoms with Crippen molar-refractivity contribution >= 4 is 74.9 Å². The first-order valence-corrected chi connectivity index (χ1v) is 14.5. The van der Waals surface area contributed by atoms with Gasteiger partial charge >= 0.3 is 0 Å². The third kappa shape index (κ3) is 3.03. The van der Waals surface area contributed by atoms with Crippen LogP contribution < -0.4 is 0 Å². The van der Waals surface area contributed by atoms with Crippen LogP contribution in [-0.2, 0) is 0 Å². The van der Waals surface area contributed by atoms with Gasteiger partial charge in [-0.15, -0.1) is 11.3 Å². The average Bonchev–Trinajstić information content (AvgIpc) is 3.57. The van der Waals surface area contributed by atoms with Crippen LogP contribution in [-0.4, -0.2) is 4.57 Å². The molecule has 0 bridgehead atoms. The summed E-state index contributed by atoms with van der Waals surface area (Å²) in [5.74, 6) is 0. The minimum Gasteiger partial charge on any atom is -0.309 e. The van der Waals surface area contributed by atoms with E-state index in [0.717, 1.165) is 0 Å². The molecule has 0 atom stereocenters. The highest BCUT2D eigenvalue weighted by molar-refractivity contribution is 7.26. The van der Waals surface area contributed by atoms with Crippen molar-refractivity contribution in [3.8, 4) is 16.8 Å². The van der Waals surface area contributed by atoms with Gasteiger partial charge in [-0.1, -0.05) is 115 Å². The number of fused-ring (bicyclic) bond motifs is 11. The molecule has 0 amide bonds.